The van der Waals surface area contributed by atoms with Gasteiger partial charge in [0.25, 0.3) is 0 Å². The van der Waals surface area contributed by atoms with E-state index >= 15 is 0 Å². The summed E-state index contributed by atoms with van der Waals surface area (Å²) in [6.45, 7) is 6.30. The fourth-order valence-electron chi connectivity index (χ4n) is 6.93. The molecule has 406 valence electrons. The van der Waals surface area contributed by atoms with Crippen molar-refractivity contribution in [1.82, 2.24) is 0 Å². The monoisotopic (exact) mass is 1000 g/mol. The standard InChI is InChI=1S/C67H102O6/c1-4-7-10-13-16-19-22-25-28-31-33-36-39-42-45-48-51-54-57-60-66(69)72-63-64(62-71-65(68)59-56-53-50-47-44-41-38-35-30-27-24-21-18-15-12-9-6-3)73-67(70)61-58-55-52-49-46-43-40-37-34-32-29-26-23-20-17-14-11-8-5-2/h8,11,16-21,25-30,33-34,36-38,41-43,45-46,51-52,54-55,64H,4-7,9-10,12-15,22-24,31-32,35,39-40,44,47-50,53,56-63H2,1-3H3/b11-8-,19-16-,20-17-,21-18-,28-25-,29-26-,30-27-,36-33-,37-34-,41-38-,45-42-,46-43-,54-51-,55-52-/t64-/m0/s1. The minimum atomic E-state index is -0.868. The Labute approximate surface area is 447 Å². The van der Waals surface area contributed by atoms with E-state index in [0.717, 1.165) is 109 Å². The summed E-state index contributed by atoms with van der Waals surface area (Å²) in [6, 6.07) is 0. The lowest BCUT2D eigenvalue weighted by Crippen LogP contribution is -2.30. The molecule has 6 nitrogen and oxygen atoms in total. The van der Waals surface area contributed by atoms with E-state index in [0.29, 0.717) is 19.3 Å². The predicted octanol–water partition coefficient (Wildman–Crippen LogP) is 19.5. The Morgan fingerprint density at radius 2 is 0.562 bits per heavy atom. The maximum Gasteiger partial charge on any atom is 0.306 e. The highest BCUT2D eigenvalue weighted by molar-refractivity contribution is 5.71. The molecule has 0 saturated carbocycles. The zero-order chi connectivity index (χ0) is 52.9. The van der Waals surface area contributed by atoms with E-state index in [4.69, 9.17) is 14.2 Å². The van der Waals surface area contributed by atoms with Crippen LogP contribution in [0.15, 0.2) is 170 Å². The fraction of sp³-hybridized carbons (Fsp3) is 0.537. The van der Waals surface area contributed by atoms with Crippen LogP contribution in [0.25, 0.3) is 0 Å². The van der Waals surface area contributed by atoms with E-state index in [9.17, 15) is 14.4 Å². The lowest BCUT2D eigenvalue weighted by Gasteiger charge is -2.18. The van der Waals surface area contributed by atoms with Crippen LogP contribution < -0.4 is 0 Å². The average molecular weight is 1000 g/mol. The second kappa shape index (κ2) is 59.3. The van der Waals surface area contributed by atoms with E-state index in [1.54, 1.807) is 0 Å². The first-order valence-electron chi connectivity index (χ1n) is 28.6. The normalized spacial score (nSPS) is 13.4. The van der Waals surface area contributed by atoms with Gasteiger partial charge < -0.3 is 14.2 Å². The summed E-state index contributed by atoms with van der Waals surface area (Å²) >= 11 is 0. The van der Waals surface area contributed by atoms with Gasteiger partial charge in [0.1, 0.15) is 13.2 Å². The molecule has 0 saturated heterocycles. The molecule has 0 aromatic rings. The first-order chi connectivity index (χ1) is 36.0. The molecule has 0 unspecified atom stereocenters. The van der Waals surface area contributed by atoms with Crippen LogP contribution in [0.5, 0.6) is 0 Å². The summed E-state index contributed by atoms with van der Waals surface area (Å²) < 4.78 is 16.7. The Balaban J connectivity index is 4.70. The molecule has 0 aliphatic rings. The third kappa shape index (κ3) is 57.5. The Bertz CT molecular complexity index is 1720. The predicted molar refractivity (Wildman–Crippen MR) is 315 cm³/mol. The molecular weight excluding hydrogens is 901 g/mol. The molecular formula is C67H102O6. The maximum atomic E-state index is 12.8. The molecule has 1 atom stereocenters. The van der Waals surface area contributed by atoms with E-state index in [1.165, 1.54) is 51.4 Å². The van der Waals surface area contributed by atoms with Crippen LogP contribution in [0.2, 0.25) is 0 Å². The van der Waals surface area contributed by atoms with Gasteiger partial charge in [-0.1, -0.05) is 229 Å². The van der Waals surface area contributed by atoms with E-state index in [2.05, 4.69) is 167 Å². The SMILES string of the molecule is CC/C=C\C/C=C\C/C=C\C/C=C\C/C=C\C/C=C\CCC(=O)O[C@H](COC(=O)CC/C=C\C/C=C\C/C=C\C/C=C\C/C=C\CCCCC)COC(=O)CCCCCC/C=C\C/C=C\C/C=C\CCCCC. The lowest BCUT2D eigenvalue weighted by molar-refractivity contribution is -0.166. The minimum absolute atomic E-state index is 0.152. The first-order valence-corrected chi connectivity index (χ1v) is 28.6. The number of allylic oxidation sites excluding steroid dienone is 28. The van der Waals surface area contributed by atoms with Crippen LogP contribution in [0, 0.1) is 0 Å². The zero-order valence-corrected chi connectivity index (χ0v) is 46.3. The molecule has 0 aliphatic heterocycles. The molecule has 6 heteroatoms. The smallest absolute Gasteiger partial charge is 0.306 e. The molecule has 0 fully saturated rings. The third-order valence-electron chi connectivity index (χ3n) is 11.2. The van der Waals surface area contributed by atoms with Crippen LogP contribution in [0.1, 0.15) is 213 Å². The van der Waals surface area contributed by atoms with Gasteiger partial charge >= 0.3 is 17.9 Å². The Morgan fingerprint density at radius 1 is 0.288 bits per heavy atom. The van der Waals surface area contributed by atoms with Gasteiger partial charge in [-0.25, -0.2) is 0 Å². The van der Waals surface area contributed by atoms with Crippen molar-refractivity contribution < 1.29 is 28.6 Å². The molecule has 73 heavy (non-hydrogen) atoms. The third-order valence-corrected chi connectivity index (χ3v) is 11.2. The van der Waals surface area contributed by atoms with E-state index in [-0.39, 0.29) is 38.0 Å². The summed E-state index contributed by atoms with van der Waals surface area (Å²) in [7, 11) is 0. The summed E-state index contributed by atoms with van der Waals surface area (Å²) in [5.41, 5.74) is 0. The molecule has 0 radical (unpaired) electrons. The fourth-order valence-corrected chi connectivity index (χ4v) is 6.93. The van der Waals surface area contributed by atoms with Crippen LogP contribution in [0.4, 0.5) is 0 Å². The number of ether oxygens (including phenoxy) is 3. The highest BCUT2D eigenvalue weighted by Crippen LogP contribution is 2.10. The van der Waals surface area contributed by atoms with Gasteiger partial charge in [-0.3, -0.25) is 14.4 Å². The summed E-state index contributed by atoms with van der Waals surface area (Å²) in [6.07, 6.45) is 87.9. The lowest BCUT2D eigenvalue weighted by atomic mass is 10.1. The summed E-state index contributed by atoms with van der Waals surface area (Å²) in [5, 5.41) is 0. The van der Waals surface area contributed by atoms with Crippen molar-refractivity contribution in [2.45, 2.75) is 219 Å². The van der Waals surface area contributed by atoms with Crippen LogP contribution >= 0.6 is 0 Å². The van der Waals surface area contributed by atoms with Crippen molar-refractivity contribution in [2.75, 3.05) is 13.2 Å². The Hall–Kier alpha value is -5.23. The highest BCUT2D eigenvalue weighted by Gasteiger charge is 2.19. The largest absolute Gasteiger partial charge is 0.462 e. The summed E-state index contributed by atoms with van der Waals surface area (Å²) in [5.74, 6) is -1.15. The number of esters is 3. The Morgan fingerprint density at radius 3 is 0.904 bits per heavy atom. The molecule has 0 rings (SSSR count). The van der Waals surface area contributed by atoms with Crippen molar-refractivity contribution in [3.8, 4) is 0 Å². The van der Waals surface area contributed by atoms with Crippen LogP contribution in [0.3, 0.4) is 0 Å². The second-order valence-corrected chi connectivity index (χ2v) is 18.1. The summed E-state index contributed by atoms with van der Waals surface area (Å²) in [4.78, 5) is 38.1. The van der Waals surface area contributed by atoms with Gasteiger partial charge in [0.05, 0.1) is 0 Å². The van der Waals surface area contributed by atoms with E-state index < -0.39 is 12.1 Å². The number of rotatable bonds is 49. The van der Waals surface area contributed by atoms with Gasteiger partial charge in [-0.15, -0.1) is 0 Å². The molecule has 0 amide bonds. The van der Waals surface area contributed by atoms with Crippen molar-refractivity contribution in [3.63, 3.8) is 0 Å². The number of hydrogen-bond donors (Lipinski definition) is 0. The molecule has 0 aromatic heterocycles. The van der Waals surface area contributed by atoms with Gasteiger partial charge in [0, 0.05) is 19.3 Å². The molecule has 0 N–H and O–H groups in total. The number of unbranched alkanes of at least 4 members (excludes halogenated alkanes) is 10. The van der Waals surface area contributed by atoms with Crippen molar-refractivity contribution in [1.29, 1.82) is 0 Å². The molecule has 0 heterocycles. The maximum absolute atomic E-state index is 12.8. The van der Waals surface area contributed by atoms with Gasteiger partial charge in [0.15, 0.2) is 6.10 Å². The van der Waals surface area contributed by atoms with Gasteiger partial charge in [-0.05, 0) is 135 Å². The van der Waals surface area contributed by atoms with Crippen LogP contribution in [-0.2, 0) is 28.6 Å². The first kappa shape index (κ1) is 67.8. The number of carbonyl (C=O) groups excluding carboxylic acids is 3. The topological polar surface area (TPSA) is 78.9 Å². The zero-order valence-electron chi connectivity index (χ0n) is 46.3. The van der Waals surface area contributed by atoms with Crippen molar-refractivity contribution in [3.05, 3.63) is 170 Å². The minimum Gasteiger partial charge on any atom is -0.462 e. The number of carbonyl (C=O) groups is 3. The van der Waals surface area contributed by atoms with Gasteiger partial charge in [0.2, 0.25) is 0 Å². The van der Waals surface area contributed by atoms with Crippen molar-refractivity contribution >= 4 is 17.9 Å². The molecule has 0 bridgehead atoms. The second-order valence-electron chi connectivity index (χ2n) is 18.1. The molecule has 0 aliphatic carbocycles. The highest BCUT2D eigenvalue weighted by atomic mass is 16.6. The van der Waals surface area contributed by atoms with Crippen molar-refractivity contribution in [2.24, 2.45) is 0 Å². The number of hydrogen-bond acceptors (Lipinski definition) is 6. The van der Waals surface area contributed by atoms with E-state index in [1.807, 2.05) is 24.3 Å². The Kier molecular flexibility index (Phi) is 55.1. The van der Waals surface area contributed by atoms with Crippen LogP contribution in [-0.4, -0.2) is 37.2 Å². The molecule has 0 aromatic carbocycles. The van der Waals surface area contributed by atoms with Gasteiger partial charge in [-0.2, -0.15) is 0 Å². The quantitative estimate of drug-likeness (QED) is 0.0261. The average Bonchev–Trinajstić information content (AvgIpc) is 3.39. The molecule has 0 spiro atoms.